The molecule has 2 nitrogen and oxygen atoms in total. The molecule has 3 rings (SSSR count). The Bertz CT molecular complexity index is 867. The van der Waals surface area contributed by atoms with E-state index < -0.39 is 0 Å². The van der Waals surface area contributed by atoms with Crippen LogP contribution in [0.3, 0.4) is 0 Å². The lowest BCUT2D eigenvalue weighted by molar-refractivity contribution is 0.157. The van der Waals surface area contributed by atoms with Crippen molar-refractivity contribution >= 4 is 11.8 Å². The van der Waals surface area contributed by atoms with Gasteiger partial charge in [0.05, 0.1) is 12.6 Å². The van der Waals surface area contributed by atoms with E-state index in [9.17, 15) is 0 Å². The van der Waals surface area contributed by atoms with Crippen LogP contribution in [0.15, 0.2) is 108 Å². The molecule has 0 spiro atoms. The van der Waals surface area contributed by atoms with Gasteiger partial charge >= 0.3 is 0 Å². The summed E-state index contributed by atoms with van der Waals surface area (Å²) in [5, 5.41) is 3.86. The van der Waals surface area contributed by atoms with Gasteiger partial charge in [0.2, 0.25) is 0 Å². The Balaban J connectivity index is 1.72. The summed E-state index contributed by atoms with van der Waals surface area (Å²) in [5.74, 6) is 1.31. The third-order valence-corrected chi connectivity index (χ3v) is 6.09. The van der Waals surface area contributed by atoms with Crippen LogP contribution < -0.4 is 5.32 Å². The van der Waals surface area contributed by atoms with E-state index >= 15 is 0 Å². The van der Waals surface area contributed by atoms with Crippen LogP contribution in [0, 0.1) is 5.92 Å². The third kappa shape index (κ3) is 6.88. The summed E-state index contributed by atoms with van der Waals surface area (Å²) in [6.07, 6.45) is 4.61. The minimum atomic E-state index is 0.135. The van der Waals surface area contributed by atoms with E-state index in [2.05, 4.69) is 115 Å². The van der Waals surface area contributed by atoms with Crippen LogP contribution in [0.4, 0.5) is 0 Å². The van der Waals surface area contributed by atoms with E-state index in [0.29, 0.717) is 12.5 Å². The van der Waals surface area contributed by atoms with Gasteiger partial charge in [0, 0.05) is 23.8 Å². The minimum absolute atomic E-state index is 0.135. The molecular weight excluding hydrogens is 386 g/mol. The Kier molecular flexibility index (Phi) is 9.23. The Morgan fingerprint density at radius 2 is 1.40 bits per heavy atom. The first kappa shape index (κ1) is 22.4. The number of ether oxygens (including phenoxy) is 1. The minimum Gasteiger partial charge on any atom is -0.383 e. The molecule has 3 aromatic rings. The van der Waals surface area contributed by atoms with Gasteiger partial charge in [0.1, 0.15) is 0 Å². The van der Waals surface area contributed by atoms with Crippen LogP contribution in [0.2, 0.25) is 0 Å². The Morgan fingerprint density at radius 3 is 2.00 bits per heavy atom. The molecule has 0 unspecified atom stereocenters. The average molecular weight is 418 g/mol. The van der Waals surface area contributed by atoms with E-state index in [4.69, 9.17) is 4.74 Å². The molecule has 0 heterocycles. The molecule has 0 aliphatic carbocycles. The smallest absolute Gasteiger partial charge is 0.0657 e. The molecule has 0 saturated carbocycles. The van der Waals surface area contributed by atoms with E-state index in [-0.39, 0.29) is 12.1 Å². The lowest BCUT2D eigenvalue weighted by Crippen LogP contribution is -2.32. The van der Waals surface area contributed by atoms with Gasteiger partial charge in [-0.15, -0.1) is 11.8 Å². The van der Waals surface area contributed by atoms with Gasteiger partial charge in [-0.25, -0.2) is 0 Å². The largest absolute Gasteiger partial charge is 0.383 e. The van der Waals surface area contributed by atoms with Crippen molar-refractivity contribution in [2.24, 2.45) is 5.92 Å². The number of methoxy groups -OCH3 is 1. The molecule has 3 heteroatoms. The van der Waals surface area contributed by atoms with Gasteiger partial charge in [0.25, 0.3) is 0 Å². The quantitative estimate of drug-likeness (QED) is 0.277. The number of thioether (sulfide) groups is 1. The maximum atomic E-state index is 5.54. The Labute approximate surface area is 185 Å². The number of benzene rings is 3. The second-order valence-corrected chi connectivity index (χ2v) is 8.48. The summed E-state index contributed by atoms with van der Waals surface area (Å²) in [5.41, 5.74) is 2.54. The molecule has 0 amide bonds. The zero-order valence-electron chi connectivity index (χ0n) is 17.8. The fourth-order valence-electron chi connectivity index (χ4n) is 3.56. The van der Waals surface area contributed by atoms with Gasteiger partial charge in [-0.2, -0.15) is 0 Å². The van der Waals surface area contributed by atoms with Crippen LogP contribution in [0.1, 0.15) is 30.1 Å². The molecule has 0 fully saturated rings. The molecule has 0 radical (unpaired) electrons. The lowest BCUT2D eigenvalue weighted by atomic mass is 9.92. The standard InChI is InChI=1S/C27H31NOS/c1-22(13-12-20-30-25-18-10-5-11-19-25)27(24-16-8-4-9-17-24)28-26(21-29-2)23-14-6-3-7-15-23/h3-19,22,26-28H,20-21H2,1-2H3/b13-12-/t22-,26+,27-/m1/s1. The SMILES string of the molecule is COC[C@H](N[C@@H](c1ccccc1)[C@H](C)/C=C\CSc1ccccc1)c1ccccc1. The fraction of sp³-hybridized carbons (Fsp3) is 0.259. The number of hydrogen-bond acceptors (Lipinski definition) is 3. The van der Waals surface area contributed by atoms with Crippen molar-refractivity contribution in [3.05, 3.63) is 114 Å². The monoisotopic (exact) mass is 417 g/mol. The summed E-state index contributed by atoms with van der Waals surface area (Å²) in [4.78, 5) is 1.30. The predicted octanol–water partition coefficient (Wildman–Crippen LogP) is 6.69. The normalized spacial score (nSPS) is 14.5. The summed E-state index contributed by atoms with van der Waals surface area (Å²) in [6, 6.07) is 32.1. The molecule has 3 aromatic carbocycles. The molecule has 0 aromatic heterocycles. The molecule has 0 aliphatic heterocycles. The van der Waals surface area contributed by atoms with Crippen molar-refractivity contribution in [1.82, 2.24) is 5.32 Å². The van der Waals surface area contributed by atoms with Crippen molar-refractivity contribution in [3.63, 3.8) is 0 Å². The Morgan fingerprint density at radius 1 is 0.833 bits per heavy atom. The molecule has 0 saturated heterocycles. The van der Waals surface area contributed by atoms with Crippen LogP contribution in [0.25, 0.3) is 0 Å². The number of rotatable bonds is 11. The van der Waals surface area contributed by atoms with E-state index in [1.807, 2.05) is 11.8 Å². The topological polar surface area (TPSA) is 21.3 Å². The lowest BCUT2D eigenvalue weighted by Gasteiger charge is -2.29. The molecule has 0 bridgehead atoms. The maximum absolute atomic E-state index is 5.54. The second-order valence-electron chi connectivity index (χ2n) is 7.38. The molecule has 3 atom stereocenters. The summed E-state index contributed by atoms with van der Waals surface area (Å²) in [6.45, 7) is 2.91. The van der Waals surface area contributed by atoms with Crippen molar-refractivity contribution in [3.8, 4) is 0 Å². The highest BCUT2D eigenvalue weighted by atomic mass is 32.2. The van der Waals surface area contributed by atoms with Crippen LogP contribution in [0.5, 0.6) is 0 Å². The average Bonchev–Trinajstić information content (AvgIpc) is 2.81. The fourth-order valence-corrected chi connectivity index (χ4v) is 4.31. The van der Waals surface area contributed by atoms with Crippen molar-refractivity contribution in [1.29, 1.82) is 0 Å². The highest BCUT2D eigenvalue weighted by Gasteiger charge is 2.22. The van der Waals surface area contributed by atoms with E-state index in [0.717, 1.165) is 5.75 Å². The van der Waals surface area contributed by atoms with Gasteiger partial charge < -0.3 is 10.1 Å². The van der Waals surface area contributed by atoms with Crippen molar-refractivity contribution in [2.75, 3.05) is 19.5 Å². The zero-order valence-corrected chi connectivity index (χ0v) is 18.6. The maximum Gasteiger partial charge on any atom is 0.0657 e. The second kappa shape index (κ2) is 12.4. The van der Waals surface area contributed by atoms with Crippen LogP contribution in [-0.4, -0.2) is 19.5 Å². The predicted molar refractivity (Wildman–Crippen MR) is 129 cm³/mol. The van der Waals surface area contributed by atoms with Crippen LogP contribution in [-0.2, 0) is 4.74 Å². The van der Waals surface area contributed by atoms with Crippen LogP contribution >= 0.6 is 11.8 Å². The molecule has 0 aliphatic rings. The molecule has 1 N–H and O–H groups in total. The van der Waals surface area contributed by atoms with Gasteiger partial charge in [-0.1, -0.05) is 97.9 Å². The van der Waals surface area contributed by atoms with E-state index in [1.54, 1.807) is 7.11 Å². The molecule has 30 heavy (non-hydrogen) atoms. The first-order valence-electron chi connectivity index (χ1n) is 10.5. The summed E-state index contributed by atoms with van der Waals surface area (Å²) in [7, 11) is 1.76. The summed E-state index contributed by atoms with van der Waals surface area (Å²) < 4.78 is 5.54. The van der Waals surface area contributed by atoms with Gasteiger partial charge in [0.15, 0.2) is 0 Å². The Hall–Kier alpha value is -2.33. The number of hydrogen-bond donors (Lipinski definition) is 1. The van der Waals surface area contributed by atoms with Gasteiger partial charge in [-0.3, -0.25) is 0 Å². The number of nitrogens with one attached hydrogen (secondary N) is 1. The highest BCUT2D eigenvalue weighted by Crippen LogP contribution is 2.28. The molecule has 156 valence electrons. The zero-order chi connectivity index (χ0) is 21.0. The van der Waals surface area contributed by atoms with Gasteiger partial charge in [-0.05, 0) is 29.2 Å². The van der Waals surface area contributed by atoms with Crippen molar-refractivity contribution in [2.45, 2.75) is 23.9 Å². The highest BCUT2D eigenvalue weighted by molar-refractivity contribution is 7.99. The third-order valence-electron chi connectivity index (χ3n) is 5.13. The first-order chi connectivity index (χ1) is 14.8. The van der Waals surface area contributed by atoms with E-state index in [1.165, 1.54) is 16.0 Å². The summed E-state index contributed by atoms with van der Waals surface area (Å²) >= 11 is 1.86. The van der Waals surface area contributed by atoms with Crippen molar-refractivity contribution < 1.29 is 4.74 Å². The first-order valence-corrected chi connectivity index (χ1v) is 11.5. The molecular formula is C27H31NOS.